The molecule has 10 atom stereocenters. The van der Waals surface area contributed by atoms with Gasteiger partial charge in [0.05, 0.1) is 20.3 Å². The summed E-state index contributed by atoms with van der Waals surface area (Å²) in [6.07, 6.45) is -7.31. The maximum Gasteiger partial charge on any atom is 0.305 e. The number of methoxy groups -OCH3 is 1. The summed E-state index contributed by atoms with van der Waals surface area (Å²) < 4.78 is 27.1. The van der Waals surface area contributed by atoms with Crippen molar-refractivity contribution in [3.63, 3.8) is 0 Å². The molecule has 0 aromatic rings. The minimum Gasteiger partial charge on any atom is -0.469 e. The Bertz CT molecular complexity index is 713. The third kappa shape index (κ3) is 9.33. The number of unbranched alkanes of at least 4 members (excludes halogenated alkanes) is 5. The molecular weight excluding hydrogens is 510 g/mol. The molecule has 0 bridgehead atoms. The van der Waals surface area contributed by atoms with Gasteiger partial charge in [-0.25, -0.2) is 0 Å². The molecule has 0 aliphatic carbocycles. The number of ether oxygens (including phenoxy) is 5. The van der Waals surface area contributed by atoms with E-state index in [0.29, 0.717) is 12.8 Å². The van der Waals surface area contributed by atoms with Gasteiger partial charge in [-0.1, -0.05) is 25.7 Å². The first-order valence-electron chi connectivity index (χ1n) is 13.0. The van der Waals surface area contributed by atoms with Crippen LogP contribution >= 0.6 is 0 Å². The lowest BCUT2D eigenvalue weighted by molar-refractivity contribution is -0.347. The van der Waals surface area contributed by atoms with Crippen LogP contribution in [0.2, 0.25) is 0 Å². The van der Waals surface area contributed by atoms with E-state index in [1.165, 1.54) is 14.0 Å². The molecule has 2 rings (SSSR count). The Morgan fingerprint density at radius 1 is 0.816 bits per heavy atom. The van der Waals surface area contributed by atoms with Crippen LogP contribution in [0.4, 0.5) is 0 Å². The Balaban J connectivity index is 1.99. The zero-order chi connectivity index (χ0) is 28.2. The van der Waals surface area contributed by atoms with Crippen molar-refractivity contribution in [1.82, 2.24) is 5.32 Å². The van der Waals surface area contributed by atoms with E-state index in [-0.39, 0.29) is 12.6 Å². The smallest absolute Gasteiger partial charge is 0.305 e. The SMILES string of the molecule is COC(=O)CCCCCCCCO[C@@H]1[C@@H](O[C@H]2O[C@H](CO)[C@H](O)[C@H](O)[C@H]2NC(C)=O)[C@@H](O)[C@@H](CO)O[C@H]1O. The average Bonchev–Trinajstić information content (AvgIpc) is 2.89. The van der Waals surface area contributed by atoms with E-state index in [1.807, 2.05) is 0 Å². The first kappa shape index (κ1) is 32.8. The van der Waals surface area contributed by atoms with E-state index in [9.17, 15) is 40.2 Å². The number of carbonyl (C=O) groups excluding carboxylic acids is 2. The van der Waals surface area contributed by atoms with Crippen molar-refractivity contribution in [1.29, 1.82) is 0 Å². The average molecular weight is 554 g/mol. The van der Waals surface area contributed by atoms with Crippen LogP contribution in [0.3, 0.4) is 0 Å². The van der Waals surface area contributed by atoms with Crippen LogP contribution in [0.25, 0.3) is 0 Å². The predicted molar refractivity (Wildman–Crippen MR) is 128 cm³/mol. The summed E-state index contributed by atoms with van der Waals surface area (Å²) >= 11 is 0. The minimum absolute atomic E-state index is 0.185. The van der Waals surface area contributed by atoms with Crippen molar-refractivity contribution in [2.45, 2.75) is 113 Å². The van der Waals surface area contributed by atoms with Crippen LogP contribution in [0.1, 0.15) is 51.9 Å². The van der Waals surface area contributed by atoms with Gasteiger partial charge in [0, 0.05) is 20.0 Å². The van der Waals surface area contributed by atoms with Crippen LogP contribution in [-0.2, 0) is 33.3 Å². The number of rotatable bonds is 15. The summed E-state index contributed by atoms with van der Waals surface area (Å²) in [5.74, 6) is -0.784. The molecule has 1 amide bonds. The molecule has 0 radical (unpaired) electrons. The number of hydrogen-bond acceptors (Lipinski definition) is 13. The largest absolute Gasteiger partial charge is 0.469 e. The second-order valence-corrected chi connectivity index (χ2v) is 9.55. The Labute approximate surface area is 221 Å². The number of aliphatic hydroxyl groups excluding tert-OH is 6. The summed E-state index contributed by atoms with van der Waals surface area (Å²) in [7, 11) is 1.36. The quantitative estimate of drug-likeness (QED) is 0.0838. The highest BCUT2D eigenvalue weighted by atomic mass is 16.7. The van der Waals surface area contributed by atoms with Crippen LogP contribution < -0.4 is 5.32 Å². The Morgan fingerprint density at radius 3 is 2.03 bits per heavy atom. The van der Waals surface area contributed by atoms with E-state index in [2.05, 4.69) is 10.1 Å². The summed E-state index contributed by atoms with van der Waals surface area (Å²) in [5, 5.41) is 63.6. The molecule has 2 aliphatic heterocycles. The maximum atomic E-state index is 11.7. The molecule has 0 spiro atoms. The van der Waals surface area contributed by atoms with Crippen molar-refractivity contribution in [2.75, 3.05) is 26.9 Å². The first-order valence-corrected chi connectivity index (χ1v) is 13.0. The zero-order valence-corrected chi connectivity index (χ0v) is 21.9. The van der Waals surface area contributed by atoms with E-state index in [0.717, 1.165) is 32.1 Å². The molecule has 14 nitrogen and oxygen atoms in total. The standard InChI is InChI=1S/C24H43NO13/c1-13(28)25-17-20(32)18(30)14(11-26)37-24(17)38-21-19(31)15(12-27)36-23(33)22(21)35-10-8-6-4-3-5-7-9-16(29)34-2/h14-15,17-24,26-27,30-33H,3-12H2,1-2H3,(H,25,28)/t14-,15-,17-,18+,19+,20-,21+,22-,23-,24-/m1/s1. The van der Waals surface area contributed by atoms with Gasteiger partial charge < -0.3 is 59.6 Å². The van der Waals surface area contributed by atoms with Crippen LogP contribution in [0.5, 0.6) is 0 Å². The fourth-order valence-electron chi connectivity index (χ4n) is 4.53. The third-order valence-electron chi connectivity index (χ3n) is 6.67. The number of hydrogen-bond donors (Lipinski definition) is 7. The van der Waals surface area contributed by atoms with Crippen molar-refractivity contribution in [2.24, 2.45) is 0 Å². The van der Waals surface area contributed by atoms with Crippen LogP contribution in [0.15, 0.2) is 0 Å². The Morgan fingerprint density at radius 2 is 1.42 bits per heavy atom. The number of esters is 1. The molecular formula is C24H43NO13. The van der Waals surface area contributed by atoms with E-state index >= 15 is 0 Å². The van der Waals surface area contributed by atoms with Gasteiger partial charge in [0.25, 0.3) is 0 Å². The second kappa shape index (κ2) is 16.6. The van der Waals surface area contributed by atoms with Crippen molar-refractivity contribution < 1.29 is 63.9 Å². The molecule has 14 heteroatoms. The molecule has 2 fully saturated rings. The third-order valence-corrected chi connectivity index (χ3v) is 6.67. The molecule has 2 heterocycles. The molecule has 38 heavy (non-hydrogen) atoms. The highest BCUT2D eigenvalue weighted by molar-refractivity contribution is 5.73. The predicted octanol–water partition coefficient (Wildman–Crippen LogP) is -2.33. The van der Waals surface area contributed by atoms with Gasteiger partial charge in [-0.3, -0.25) is 9.59 Å². The second-order valence-electron chi connectivity index (χ2n) is 9.55. The van der Waals surface area contributed by atoms with Crippen LogP contribution in [-0.4, -0.2) is 131 Å². The van der Waals surface area contributed by atoms with E-state index in [4.69, 9.17) is 18.9 Å². The Hall–Kier alpha value is -1.46. The van der Waals surface area contributed by atoms with Gasteiger partial charge in [0.1, 0.15) is 48.8 Å². The number of aliphatic hydroxyl groups is 6. The lowest BCUT2D eigenvalue weighted by Gasteiger charge is -2.47. The molecule has 7 N–H and O–H groups in total. The molecule has 2 saturated heterocycles. The van der Waals surface area contributed by atoms with Gasteiger partial charge in [0.2, 0.25) is 5.91 Å². The monoisotopic (exact) mass is 553 g/mol. The summed E-state index contributed by atoms with van der Waals surface area (Å²) in [4.78, 5) is 22.8. The van der Waals surface area contributed by atoms with Gasteiger partial charge in [-0.15, -0.1) is 0 Å². The lowest BCUT2D eigenvalue weighted by atomic mass is 9.95. The van der Waals surface area contributed by atoms with Crippen molar-refractivity contribution in [3.05, 3.63) is 0 Å². The zero-order valence-electron chi connectivity index (χ0n) is 21.9. The minimum atomic E-state index is -1.58. The van der Waals surface area contributed by atoms with Crippen molar-refractivity contribution in [3.8, 4) is 0 Å². The number of amides is 1. The first-order chi connectivity index (χ1) is 18.1. The van der Waals surface area contributed by atoms with Gasteiger partial charge in [0.15, 0.2) is 12.6 Å². The summed E-state index contributed by atoms with van der Waals surface area (Å²) in [6, 6.07) is -1.27. The molecule has 0 aromatic heterocycles. The normalized spacial score (nSPS) is 35.6. The van der Waals surface area contributed by atoms with Gasteiger partial charge in [-0.2, -0.15) is 0 Å². The highest BCUT2D eigenvalue weighted by Gasteiger charge is 2.51. The molecule has 222 valence electrons. The fourth-order valence-corrected chi connectivity index (χ4v) is 4.53. The topological polar surface area (TPSA) is 214 Å². The molecule has 0 aromatic carbocycles. The summed E-state index contributed by atoms with van der Waals surface area (Å²) in [6.45, 7) is 0.0762. The molecule has 0 unspecified atom stereocenters. The lowest BCUT2D eigenvalue weighted by Crippen LogP contribution is -2.67. The van der Waals surface area contributed by atoms with E-state index in [1.54, 1.807) is 0 Å². The molecule has 2 aliphatic rings. The number of carbonyl (C=O) groups is 2. The van der Waals surface area contributed by atoms with Gasteiger partial charge >= 0.3 is 5.97 Å². The van der Waals surface area contributed by atoms with Crippen molar-refractivity contribution >= 4 is 11.9 Å². The van der Waals surface area contributed by atoms with Gasteiger partial charge in [-0.05, 0) is 12.8 Å². The Kier molecular flexibility index (Phi) is 14.3. The summed E-state index contributed by atoms with van der Waals surface area (Å²) in [5.41, 5.74) is 0. The maximum absolute atomic E-state index is 11.7. The fraction of sp³-hybridized carbons (Fsp3) is 0.917. The number of nitrogens with one attached hydrogen (secondary N) is 1. The molecule has 0 saturated carbocycles. The van der Waals surface area contributed by atoms with Crippen LogP contribution in [0, 0.1) is 0 Å². The highest BCUT2D eigenvalue weighted by Crippen LogP contribution is 2.30. The van der Waals surface area contributed by atoms with E-state index < -0.39 is 80.5 Å².